The fourth-order valence-electron chi connectivity index (χ4n) is 3.68. The Labute approximate surface area is 195 Å². The lowest BCUT2D eigenvalue weighted by molar-refractivity contribution is -0.142. The van der Waals surface area contributed by atoms with E-state index in [1.807, 2.05) is 45.0 Å². The largest absolute Gasteiger partial charge is 0.469 e. The summed E-state index contributed by atoms with van der Waals surface area (Å²) < 4.78 is 33.4. The number of ether oxygens (including phenoxy) is 1. The zero-order valence-corrected chi connectivity index (χ0v) is 20.4. The lowest BCUT2D eigenvalue weighted by Gasteiger charge is -2.20. The molecule has 1 heterocycles. The monoisotopic (exact) mass is 467 g/mol. The Morgan fingerprint density at radius 3 is 2.09 bits per heavy atom. The molecule has 2 aromatic carbocycles. The van der Waals surface area contributed by atoms with Gasteiger partial charge in [-0.1, -0.05) is 60.9 Å². The molecular weight excluding hydrogens is 438 g/mol. The SMILES string of the molecule is CCCC(C(=O)OC)c1c(C)nc(NS(=O)(=O)c2ccc(C)cc2)nc1-c1ccc(C)cc1. The quantitative estimate of drug-likeness (QED) is 0.472. The van der Waals surface area contributed by atoms with Crippen LogP contribution in [0.2, 0.25) is 0 Å². The van der Waals surface area contributed by atoms with Crippen LogP contribution in [0.1, 0.15) is 48.1 Å². The van der Waals surface area contributed by atoms with E-state index in [9.17, 15) is 13.2 Å². The Morgan fingerprint density at radius 2 is 1.55 bits per heavy atom. The summed E-state index contributed by atoms with van der Waals surface area (Å²) in [5.41, 5.74) is 4.47. The molecule has 0 bridgehead atoms. The van der Waals surface area contributed by atoms with Gasteiger partial charge in [0.25, 0.3) is 10.0 Å². The lowest BCUT2D eigenvalue weighted by atomic mass is 9.89. The van der Waals surface area contributed by atoms with E-state index >= 15 is 0 Å². The van der Waals surface area contributed by atoms with Gasteiger partial charge in [0.15, 0.2) is 0 Å². The summed E-state index contributed by atoms with van der Waals surface area (Å²) in [5, 5.41) is 0. The van der Waals surface area contributed by atoms with Gasteiger partial charge < -0.3 is 4.74 Å². The van der Waals surface area contributed by atoms with Gasteiger partial charge in [0.2, 0.25) is 5.95 Å². The van der Waals surface area contributed by atoms with Crippen molar-refractivity contribution in [1.29, 1.82) is 0 Å². The molecule has 33 heavy (non-hydrogen) atoms. The summed E-state index contributed by atoms with van der Waals surface area (Å²) in [4.78, 5) is 21.7. The number of hydrogen-bond donors (Lipinski definition) is 1. The molecule has 0 radical (unpaired) electrons. The topological polar surface area (TPSA) is 98.2 Å². The van der Waals surface area contributed by atoms with Gasteiger partial charge >= 0.3 is 5.97 Å². The maximum Gasteiger partial charge on any atom is 0.313 e. The van der Waals surface area contributed by atoms with Crippen molar-refractivity contribution >= 4 is 21.9 Å². The second-order valence-corrected chi connectivity index (χ2v) is 9.73. The second kappa shape index (κ2) is 10.1. The standard InChI is InChI=1S/C25H29N3O4S/c1-6-7-21(24(29)32-5)22-18(4)26-25(27-23(22)19-12-8-16(2)9-13-19)28-33(30,31)20-14-10-17(3)11-15-20/h8-15,21H,6-7H2,1-5H3,(H,26,27,28). The number of carbonyl (C=O) groups excluding carboxylic acids is 1. The third kappa shape index (κ3) is 5.57. The van der Waals surface area contributed by atoms with Crippen molar-refractivity contribution in [3.8, 4) is 11.3 Å². The number of carbonyl (C=O) groups is 1. The molecule has 0 saturated heterocycles. The predicted octanol–water partition coefficient (Wildman–Crippen LogP) is 4.93. The van der Waals surface area contributed by atoms with Crippen molar-refractivity contribution in [2.75, 3.05) is 11.8 Å². The van der Waals surface area contributed by atoms with Crippen LogP contribution in [0.5, 0.6) is 0 Å². The minimum Gasteiger partial charge on any atom is -0.469 e. The van der Waals surface area contributed by atoms with Crippen molar-refractivity contribution in [1.82, 2.24) is 9.97 Å². The molecule has 0 saturated carbocycles. The number of benzene rings is 2. The molecule has 1 atom stereocenters. The highest BCUT2D eigenvalue weighted by Gasteiger charge is 2.29. The van der Waals surface area contributed by atoms with Gasteiger partial charge in [-0.15, -0.1) is 0 Å². The normalized spacial score (nSPS) is 12.3. The highest BCUT2D eigenvalue weighted by molar-refractivity contribution is 7.92. The van der Waals surface area contributed by atoms with E-state index in [0.717, 1.165) is 23.1 Å². The van der Waals surface area contributed by atoms with E-state index in [1.165, 1.54) is 19.2 Å². The Bertz CT molecular complexity index is 1240. The number of hydrogen-bond acceptors (Lipinski definition) is 6. The molecule has 1 unspecified atom stereocenters. The van der Waals surface area contributed by atoms with Crippen LogP contribution >= 0.6 is 0 Å². The molecule has 8 heteroatoms. The molecule has 3 rings (SSSR count). The fraction of sp³-hybridized carbons (Fsp3) is 0.320. The zero-order valence-electron chi connectivity index (χ0n) is 19.5. The average Bonchev–Trinajstić information content (AvgIpc) is 2.77. The van der Waals surface area contributed by atoms with Crippen molar-refractivity contribution < 1.29 is 17.9 Å². The second-order valence-electron chi connectivity index (χ2n) is 8.04. The molecular formula is C25H29N3O4S. The average molecular weight is 468 g/mol. The Balaban J connectivity index is 2.15. The van der Waals surface area contributed by atoms with Gasteiger partial charge in [0.05, 0.1) is 23.6 Å². The molecule has 0 fully saturated rings. The van der Waals surface area contributed by atoms with Crippen LogP contribution < -0.4 is 4.72 Å². The van der Waals surface area contributed by atoms with Crippen LogP contribution in [0.15, 0.2) is 53.4 Å². The zero-order chi connectivity index (χ0) is 24.2. The Hall–Kier alpha value is -3.26. The molecule has 0 spiro atoms. The van der Waals surface area contributed by atoms with Gasteiger partial charge in [-0.3, -0.25) is 4.79 Å². The van der Waals surface area contributed by atoms with Crippen LogP contribution in [0, 0.1) is 20.8 Å². The summed E-state index contributed by atoms with van der Waals surface area (Å²) >= 11 is 0. The van der Waals surface area contributed by atoms with Crippen LogP contribution in [0.25, 0.3) is 11.3 Å². The first-order valence-corrected chi connectivity index (χ1v) is 12.3. The van der Waals surface area contributed by atoms with Crippen molar-refractivity contribution in [3.05, 3.63) is 70.9 Å². The van der Waals surface area contributed by atoms with E-state index in [4.69, 9.17) is 4.74 Å². The smallest absolute Gasteiger partial charge is 0.313 e. The minimum absolute atomic E-state index is 0.0486. The van der Waals surface area contributed by atoms with E-state index < -0.39 is 15.9 Å². The van der Waals surface area contributed by atoms with Crippen molar-refractivity contribution in [2.45, 2.75) is 51.3 Å². The van der Waals surface area contributed by atoms with Crippen LogP contribution in [-0.4, -0.2) is 31.5 Å². The van der Waals surface area contributed by atoms with Crippen LogP contribution in [0.4, 0.5) is 5.95 Å². The van der Waals surface area contributed by atoms with Gasteiger partial charge in [0.1, 0.15) is 0 Å². The van der Waals surface area contributed by atoms with E-state index in [-0.39, 0.29) is 16.8 Å². The summed E-state index contributed by atoms with van der Waals surface area (Å²) in [6, 6.07) is 14.2. The third-order valence-corrected chi connectivity index (χ3v) is 6.77. The van der Waals surface area contributed by atoms with Gasteiger partial charge in [-0.05, 0) is 39.3 Å². The molecule has 0 amide bonds. The molecule has 3 aromatic rings. The maximum atomic E-state index is 12.9. The number of anilines is 1. The molecule has 174 valence electrons. The number of sulfonamides is 1. The molecule has 0 aliphatic carbocycles. The van der Waals surface area contributed by atoms with E-state index in [2.05, 4.69) is 14.7 Å². The first-order chi connectivity index (χ1) is 15.7. The molecule has 1 N–H and O–H groups in total. The number of rotatable bonds is 8. The predicted molar refractivity (Wildman–Crippen MR) is 129 cm³/mol. The Kier molecular flexibility index (Phi) is 7.48. The molecule has 0 aliphatic rings. The Morgan fingerprint density at radius 1 is 0.970 bits per heavy atom. The highest BCUT2D eigenvalue weighted by atomic mass is 32.2. The molecule has 1 aromatic heterocycles. The van der Waals surface area contributed by atoms with E-state index in [1.54, 1.807) is 19.1 Å². The van der Waals surface area contributed by atoms with Crippen molar-refractivity contribution in [3.63, 3.8) is 0 Å². The first-order valence-electron chi connectivity index (χ1n) is 10.8. The third-order valence-electron chi connectivity index (χ3n) is 5.43. The van der Waals surface area contributed by atoms with E-state index in [0.29, 0.717) is 23.4 Å². The number of aromatic nitrogens is 2. The van der Waals surface area contributed by atoms with Gasteiger partial charge in [0, 0.05) is 16.8 Å². The maximum absolute atomic E-state index is 12.9. The fourth-order valence-corrected chi connectivity index (χ4v) is 4.63. The highest BCUT2D eigenvalue weighted by Crippen LogP contribution is 2.34. The molecule has 0 aliphatic heterocycles. The number of nitrogens with one attached hydrogen (secondary N) is 1. The number of nitrogens with zero attached hydrogens (tertiary/aromatic N) is 2. The van der Waals surface area contributed by atoms with Crippen LogP contribution in [-0.2, 0) is 19.6 Å². The van der Waals surface area contributed by atoms with Gasteiger partial charge in [-0.2, -0.15) is 0 Å². The summed E-state index contributed by atoms with van der Waals surface area (Å²) in [7, 11) is -2.53. The summed E-state index contributed by atoms with van der Waals surface area (Å²) in [6.45, 7) is 7.61. The number of aryl methyl sites for hydroxylation is 3. The number of methoxy groups -OCH3 is 1. The van der Waals surface area contributed by atoms with Gasteiger partial charge in [-0.25, -0.2) is 23.1 Å². The first kappa shape index (κ1) is 24.4. The summed E-state index contributed by atoms with van der Waals surface area (Å²) in [6.07, 6.45) is 1.32. The lowest BCUT2D eigenvalue weighted by Crippen LogP contribution is -2.20. The molecule has 7 nitrogen and oxygen atoms in total. The van der Waals surface area contributed by atoms with Crippen LogP contribution in [0.3, 0.4) is 0 Å². The minimum atomic E-state index is -3.88. The number of esters is 1. The summed E-state index contributed by atoms with van der Waals surface area (Å²) in [5.74, 6) is -0.975. The van der Waals surface area contributed by atoms with Crippen molar-refractivity contribution in [2.24, 2.45) is 0 Å².